The molecule has 180 valence electrons. The number of hydrogen-bond donors (Lipinski definition) is 1. The van der Waals surface area contributed by atoms with Gasteiger partial charge in [-0.15, -0.1) is 0 Å². The van der Waals surface area contributed by atoms with Crippen LogP contribution in [0, 0.1) is 11.3 Å². The highest BCUT2D eigenvalue weighted by molar-refractivity contribution is 6.32. The normalized spacial score (nSPS) is 12.0. The summed E-state index contributed by atoms with van der Waals surface area (Å²) in [4.78, 5) is 12.7. The molecular formula is C30H25ClN2O3. The van der Waals surface area contributed by atoms with Gasteiger partial charge in [0.25, 0.3) is 5.91 Å². The SMILES string of the molecule is COc1cc(/C=C(/C#N)C(=O)N[C@@H](C)c2ccccc2)cc(Cl)c1OCc1ccc2ccccc2c1. The maximum atomic E-state index is 12.7. The van der Waals surface area contributed by atoms with Gasteiger partial charge in [-0.3, -0.25) is 4.79 Å². The van der Waals surface area contributed by atoms with Crippen molar-refractivity contribution in [2.75, 3.05) is 7.11 Å². The van der Waals surface area contributed by atoms with Crippen molar-refractivity contribution >= 4 is 34.4 Å². The highest BCUT2D eigenvalue weighted by Gasteiger charge is 2.16. The number of nitrogens with one attached hydrogen (secondary N) is 1. The van der Waals surface area contributed by atoms with E-state index in [-0.39, 0.29) is 11.6 Å². The minimum absolute atomic E-state index is 0.0410. The number of hydrogen-bond acceptors (Lipinski definition) is 4. The van der Waals surface area contributed by atoms with E-state index >= 15 is 0 Å². The summed E-state index contributed by atoms with van der Waals surface area (Å²) in [6.45, 7) is 2.17. The lowest BCUT2D eigenvalue weighted by atomic mass is 10.1. The summed E-state index contributed by atoms with van der Waals surface area (Å²) in [5, 5.41) is 15.1. The molecule has 4 rings (SSSR count). The van der Waals surface area contributed by atoms with E-state index in [1.807, 2.05) is 67.6 Å². The summed E-state index contributed by atoms with van der Waals surface area (Å²) in [5.41, 5.74) is 2.45. The van der Waals surface area contributed by atoms with Crippen molar-refractivity contribution in [3.05, 3.63) is 112 Å². The van der Waals surface area contributed by atoms with Crippen LogP contribution in [0.25, 0.3) is 16.8 Å². The lowest BCUT2D eigenvalue weighted by Gasteiger charge is -2.15. The highest BCUT2D eigenvalue weighted by Crippen LogP contribution is 2.37. The lowest BCUT2D eigenvalue weighted by Crippen LogP contribution is -2.27. The number of methoxy groups -OCH3 is 1. The van der Waals surface area contributed by atoms with Crippen LogP contribution in [0.5, 0.6) is 11.5 Å². The van der Waals surface area contributed by atoms with Crippen molar-refractivity contribution in [3.8, 4) is 17.6 Å². The first-order valence-electron chi connectivity index (χ1n) is 11.4. The number of nitrogens with zero attached hydrogens (tertiary/aromatic N) is 1. The number of ether oxygens (including phenoxy) is 2. The van der Waals surface area contributed by atoms with Crippen LogP contribution in [0.1, 0.15) is 29.7 Å². The number of benzene rings is 4. The Bertz CT molecular complexity index is 1460. The van der Waals surface area contributed by atoms with Gasteiger partial charge < -0.3 is 14.8 Å². The molecule has 0 bridgehead atoms. The van der Waals surface area contributed by atoms with Gasteiger partial charge in [-0.2, -0.15) is 5.26 Å². The van der Waals surface area contributed by atoms with Crippen LogP contribution in [0.3, 0.4) is 0 Å². The Labute approximate surface area is 215 Å². The molecule has 0 aliphatic rings. The Morgan fingerprint density at radius 1 is 1.03 bits per heavy atom. The molecule has 5 nitrogen and oxygen atoms in total. The molecule has 0 aromatic heterocycles. The lowest BCUT2D eigenvalue weighted by molar-refractivity contribution is -0.117. The zero-order chi connectivity index (χ0) is 25.5. The van der Waals surface area contributed by atoms with Crippen molar-refractivity contribution in [2.24, 2.45) is 0 Å². The molecule has 0 aliphatic carbocycles. The molecule has 4 aromatic carbocycles. The zero-order valence-corrected chi connectivity index (χ0v) is 20.8. The van der Waals surface area contributed by atoms with E-state index in [4.69, 9.17) is 21.1 Å². The summed E-state index contributed by atoms with van der Waals surface area (Å²) < 4.78 is 11.5. The smallest absolute Gasteiger partial charge is 0.262 e. The molecule has 6 heteroatoms. The Morgan fingerprint density at radius 3 is 2.47 bits per heavy atom. The van der Waals surface area contributed by atoms with Gasteiger partial charge in [-0.05, 0) is 58.7 Å². The first-order chi connectivity index (χ1) is 17.5. The van der Waals surface area contributed by atoms with Crippen LogP contribution >= 0.6 is 11.6 Å². The highest BCUT2D eigenvalue weighted by atomic mass is 35.5. The third-order valence-electron chi connectivity index (χ3n) is 5.77. The molecule has 36 heavy (non-hydrogen) atoms. The molecule has 0 saturated carbocycles. The molecule has 0 aliphatic heterocycles. The standard InChI is InChI=1S/C30H25ClN2O3/c1-20(23-8-4-3-5-9-23)33-30(34)26(18-32)15-22-16-27(31)29(28(17-22)35-2)36-19-21-12-13-24-10-6-7-11-25(24)14-21/h3-17,20H,19H2,1-2H3,(H,33,34)/b26-15-/t20-/m0/s1. The topological polar surface area (TPSA) is 71.3 Å². The molecule has 1 amide bonds. The van der Waals surface area contributed by atoms with E-state index in [1.165, 1.54) is 13.2 Å². The van der Waals surface area contributed by atoms with Gasteiger partial charge in [0.2, 0.25) is 0 Å². The molecule has 1 N–H and O–H groups in total. The van der Waals surface area contributed by atoms with Crippen LogP contribution in [-0.2, 0) is 11.4 Å². The van der Waals surface area contributed by atoms with Crippen LogP contribution in [0.15, 0.2) is 90.5 Å². The number of rotatable bonds is 8. The average molecular weight is 497 g/mol. The van der Waals surface area contributed by atoms with Crippen LogP contribution in [-0.4, -0.2) is 13.0 Å². The molecule has 0 saturated heterocycles. The van der Waals surface area contributed by atoms with E-state index in [2.05, 4.69) is 23.5 Å². The quantitative estimate of drug-likeness (QED) is 0.213. The van der Waals surface area contributed by atoms with Crippen molar-refractivity contribution in [1.29, 1.82) is 5.26 Å². The second-order valence-corrected chi connectivity index (χ2v) is 8.69. The molecule has 4 aromatic rings. The fraction of sp³-hybridized carbons (Fsp3) is 0.133. The fourth-order valence-electron chi connectivity index (χ4n) is 3.86. The number of carbonyl (C=O) groups is 1. The number of halogens is 1. The van der Waals surface area contributed by atoms with E-state index in [0.29, 0.717) is 28.7 Å². The van der Waals surface area contributed by atoms with E-state index in [9.17, 15) is 10.1 Å². The van der Waals surface area contributed by atoms with Crippen LogP contribution in [0.4, 0.5) is 0 Å². The Hall–Kier alpha value is -4.27. The first kappa shape index (κ1) is 24.8. The summed E-state index contributed by atoms with van der Waals surface area (Å²) in [5.74, 6) is 0.329. The Morgan fingerprint density at radius 2 is 1.75 bits per heavy atom. The van der Waals surface area contributed by atoms with E-state index in [0.717, 1.165) is 21.9 Å². The Kier molecular flexibility index (Phi) is 7.89. The monoisotopic (exact) mass is 496 g/mol. The number of carbonyl (C=O) groups excluding carboxylic acids is 1. The minimum atomic E-state index is -0.472. The number of fused-ring (bicyclic) bond motifs is 1. The fourth-order valence-corrected chi connectivity index (χ4v) is 4.14. The van der Waals surface area contributed by atoms with Crippen LogP contribution < -0.4 is 14.8 Å². The molecule has 0 spiro atoms. The molecule has 0 radical (unpaired) electrons. The third-order valence-corrected chi connectivity index (χ3v) is 6.05. The second kappa shape index (κ2) is 11.4. The van der Waals surface area contributed by atoms with Gasteiger partial charge in [-0.25, -0.2) is 0 Å². The van der Waals surface area contributed by atoms with Gasteiger partial charge in [0, 0.05) is 0 Å². The van der Waals surface area contributed by atoms with Gasteiger partial charge in [0.15, 0.2) is 11.5 Å². The summed E-state index contributed by atoms with van der Waals surface area (Å²) in [6, 6.07) is 28.8. The zero-order valence-electron chi connectivity index (χ0n) is 20.0. The average Bonchev–Trinajstić information content (AvgIpc) is 2.91. The molecular weight excluding hydrogens is 472 g/mol. The summed E-state index contributed by atoms with van der Waals surface area (Å²) in [6.07, 6.45) is 1.48. The molecule has 0 heterocycles. The van der Waals surface area contributed by atoms with Gasteiger partial charge >= 0.3 is 0 Å². The molecule has 1 atom stereocenters. The number of amides is 1. The van der Waals surface area contributed by atoms with Crippen molar-refractivity contribution in [3.63, 3.8) is 0 Å². The van der Waals surface area contributed by atoms with Crippen molar-refractivity contribution in [1.82, 2.24) is 5.32 Å². The summed E-state index contributed by atoms with van der Waals surface area (Å²) in [7, 11) is 1.52. The third kappa shape index (κ3) is 5.86. The van der Waals surface area contributed by atoms with Crippen molar-refractivity contribution < 1.29 is 14.3 Å². The number of nitriles is 1. The largest absolute Gasteiger partial charge is 0.493 e. The minimum Gasteiger partial charge on any atom is -0.493 e. The van der Waals surface area contributed by atoms with E-state index in [1.54, 1.807) is 12.1 Å². The molecule has 0 fully saturated rings. The predicted octanol–water partition coefficient (Wildman–Crippen LogP) is 6.87. The second-order valence-electron chi connectivity index (χ2n) is 8.28. The van der Waals surface area contributed by atoms with Gasteiger partial charge in [-0.1, -0.05) is 78.3 Å². The molecule has 0 unspecified atom stereocenters. The van der Waals surface area contributed by atoms with Crippen LogP contribution in [0.2, 0.25) is 5.02 Å². The maximum absolute atomic E-state index is 12.7. The maximum Gasteiger partial charge on any atom is 0.262 e. The van der Waals surface area contributed by atoms with Gasteiger partial charge in [0.05, 0.1) is 18.2 Å². The predicted molar refractivity (Wildman–Crippen MR) is 143 cm³/mol. The first-order valence-corrected chi connectivity index (χ1v) is 11.8. The van der Waals surface area contributed by atoms with Crippen molar-refractivity contribution in [2.45, 2.75) is 19.6 Å². The summed E-state index contributed by atoms with van der Waals surface area (Å²) >= 11 is 6.53. The van der Waals surface area contributed by atoms with Gasteiger partial charge in [0.1, 0.15) is 18.2 Å². The Balaban J connectivity index is 1.51. The van der Waals surface area contributed by atoms with E-state index < -0.39 is 5.91 Å².